The summed E-state index contributed by atoms with van der Waals surface area (Å²) in [6, 6.07) is 16.9. The first-order valence-electron chi connectivity index (χ1n) is 8.68. The molecule has 29 heavy (non-hydrogen) atoms. The second-order valence-corrected chi connectivity index (χ2v) is 8.13. The Labute approximate surface area is 164 Å². The number of hydrogen-bond donors (Lipinski definition) is 2. The fourth-order valence-corrected chi connectivity index (χ4v) is 4.20. The van der Waals surface area contributed by atoms with Crippen molar-refractivity contribution in [2.45, 2.75) is 4.90 Å². The molecule has 5 rings (SSSR count). The number of anilines is 1. The minimum Gasteiger partial charge on any atom is -0.408 e. The number of aromatic amines is 1. The average Bonchev–Trinajstić information content (AvgIpc) is 3.29. The molecule has 3 heterocycles. The Morgan fingerprint density at radius 3 is 2.79 bits per heavy atom. The lowest BCUT2D eigenvalue weighted by Gasteiger charge is -2.09. The molecule has 0 radical (unpaired) electrons. The number of H-pyrrole nitrogens is 1. The van der Waals surface area contributed by atoms with Crippen LogP contribution in [0.15, 0.2) is 87.2 Å². The van der Waals surface area contributed by atoms with E-state index in [-0.39, 0.29) is 4.90 Å². The average molecular weight is 406 g/mol. The number of fused-ring (bicyclic) bond motifs is 2. The van der Waals surface area contributed by atoms with Crippen LogP contribution in [0.4, 0.5) is 5.69 Å². The van der Waals surface area contributed by atoms with Gasteiger partial charge in [0.15, 0.2) is 5.58 Å². The van der Waals surface area contributed by atoms with Crippen molar-refractivity contribution in [1.29, 1.82) is 0 Å². The Hall–Kier alpha value is -3.85. The van der Waals surface area contributed by atoms with Gasteiger partial charge in [-0.1, -0.05) is 18.2 Å². The van der Waals surface area contributed by atoms with Gasteiger partial charge >= 0.3 is 5.76 Å². The molecule has 0 aliphatic rings. The molecule has 0 bridgehead atoms. The number of sulfonamides is 1. The van der Waals surface area contributed by atoms with E-state index in [1.807, 2.05) is 41.1 Å². The van der Waals surface area contributed by atoms with Crippen molar-refractivity contribution in [2.24, 2.45) is 0 Å². The highest BCUT2D eigenvalue weighted by atomic mass is 32.2. The van der Waals surface area contributed by atoms with Gasteiger partial charge < -0.3 is 8.82 Å². The Morgan fingerprint density at radius 2 is 1.93 bits per heavy atom. The minimum absolute atomic E-state index is 0.0141. The Kier molecular flexibility index (Phi) is 3.78. The largest absolute Gasteiger partial charge is 0.417 e. The van der Waals surface area contributed by atoms with Crippen LogP contribution in [-0.4, -0.2) is 22.8 Å². The van der Waals surface area contributed by atoms with Crippen LogP contribution < -0.4 is 10.5 Å². The number of oxazole rings is 1. The van der Waals surface area contributed by atoms with E-state index < -0.39 is 15.8 Å². The number of benzene rings is 2. The van der Waals surface area contributed by atoms with Gasteiger partial charge in [-0.05, 0) is 42.5 Å². The smallest absolute Gasteiger partial charge is 0.408 e. The van der Waals surface area contributed by atoms with Gasteiger partial charge in [-0.15, -0.1) is 0 Å². The van der Waals surface area contributed by atoms with Crippen molar-refractivity contribution < 1.29 is 12.8 Å². The molecule has 3 aromatic heterocycles. The van der Waals surface area contributed by atoms with Gasteiger partial charge in [0.05, 0.1) is 16.1 Å². The maximum atomic E-state index is 12.8. The molecule has 0 unspecified atom stereocenters. The molecule has 9 heteroatoms. The molecular weight excluding hydrogens is 392 g/mol. The summed E-state index contributed by atoms with van der Waals surface area (Å²) in [6.07, 6.45) is 3.78. The first kappa shape index (κ1) is 17.3. The summed E-state index contributed by atoms with van der Waals surface area (Å²) in [7, 11) is -3.86. The van der Waals surface area contributed by atoms with Gasteiger partial charge in [0.1, 0.15) is 5.65 Å². The summed E-state index contributed by atoms with van der Waals surface area (Å²) in [4.78, 5) is 18.3. The highest BCUT2D eigenvalue weighted by Gasteiger charge is 2.16. The van der Waals surface area contributed by atoms with Crippen LogP contribution in [-0.2, 0) is 10.0 Å². The number of imidazole rings is 1. The molecule has 0 amide bonds. The van der Waals surface area contributed by atoms with E-state index in [1.54, 1.807) is 18.2 Å². The van der Waals surface area contributed by atoms with Crippen molar-refractivity contribution in [1.82, 2.24) is 14.4 Å². The molecule has 2 N–H and O–H groups in total. The Bertz CT molecular complexity index is 1500. The maximum Gasteiger partial charge on any atom is 0.417 e. The van der Waals surface area contributed by atoms with Crippen molar-refractivity contribution in [3.8, 4) is 11.3 Å². The maximum absolute atomic E-state index is 12.8. The number of nitrogens with one attached hydrogen (secondary N) is 2. The first-order chi connectivity index (χ1) is 14.0. The van der Waals surface area contributed by atoms with E-state index in [0.717, 1.165) is 16.9 Å². The molecule has 0 saturated heterocycles. The third-order valence-electron chi connectivity index (χ3n) is 4.48. The number of hydrogen-bond acceptors (Lipinski definition) is 5. The second kappa shape index (κ2) is 6.35. The van der Waals surface area contributed by atoms with Gasteiger partial charge in [0, 0.05) is 23.6 Å². The van der Waals surface area contributed by atoms with Crippen LogP contribution in [0.25, 0.3) is 28.0 Å². The minimum atomic E-state index is -3.86. The molecule has 0 aliphatic heterocycles. The zero-order valence-electron chi connectivity index (χ0n) is 14.9. The van der Waals surface area contributed by atoms with Gasteiger partial charge in [0.2, 0.25) is 0 Å². The molecule has 0 spiro atoms. The molecule has 0 fully saturated rings. The summed E-state index contributed by atoms with van der Waals surface area (Å²) < 4.78 is 34.9. The Balaban J connectivity index is 1.49. The predicted molar refractivity (Wildman–Crippen MR) is 108 cm³/mol. The van der Waals surface area contributed by atoms with Crippen molar-refractivity contribution in [2.75, 3.05) is 4.72 Å². The fourth-order valence-electron chi connectivity index (χ4n) is 3.13. The summed E-state index contributed by atoms with van der Waals surface area (Å²) in [6.45, 7) is 0. The lowest BCUT2D eigenvalue weighted by atomic mass is 10.1. The number of rotatable bonds is 4. The molecule has 144 valence electrons. The molecule has 0 saturated carbocycles. The zero-order chi connectivity index (χ0) is 20.0. The quantitative estimate of drug-likeness (QED) is 0.476. The van der Waals surface area contributed by atoms with Crippen LogP contribution in [0.5, 0.6) is 0 Å². The monoisotopic (exact) mass is 406 g/mol. The van der Waals surface area contributed by atoms with Crippen LogP contribution in [0.1, 0.15) is 0 Å². The van der Waals surface area contributed by atoms with Gasteiger partial charge in [-0.3, -0.25) is 9.71 Å². The lowest BCUT2D eigenvalue weighted by Crippen LogP contribution is -2.12. The number of nitrogens with zero attached hydrogens (tertiary/aromatic N) is 2. The lowest BCUT2D eigenvalue weighted by molar-refractivity contribution is 0.555. The molecule has 5 aromatic rings. The normalized spacial score (nSPS) is 11.9. The van der Waals surface area contributed by atoms with Crippen LogP contribution >= 0.6 is 0 Å². The highest BCUT2D eigenvalue weighted by Crippen LogP contribution is 2.25. The van der Waals surface area contributed by atoms with E-state index in [1.165, 1.54) is 18.2 Å². The van der Waals surface area contributed by atoms with E-state index >= 15 is 0 Å². The first-order valence-corrected chi connectivity index (χ1v) is 10.2. The summed E-state index contributed by atoms with van der Waals surface area (Å²) in [5, 5.41) is 0. The van der Waals surface area contributed by atoms with Crippen LogP contribution in [0.3, 0.4) is 0 Å². The molecular formula is C20H14N4O4S. The van der Waals surface area contributed by atoms with E-state index in [9.17, 15) is 13.2 Å². The second-order valence-electron chi connectivity index (χ2n) is 6.45. The fraction of sp³-hybridized carbons (Fsp3) is 0. The number of pyridine rings is 1. The third-order valence-corrected chi connectivity index (χ3v) is 5.85. The van der Waals surface area contributed by atoms with Gasteiger partial charge in [-0.2, -0.15) is 0 Å². The van der Waals surface area contributed by atoms with Crippen LogP contribution in [0.2, 0.25) is 0 Å². The molecule has 0 aliphatic carbocycles. The van der Waals surface area contributed by atoms with Gasteiger partial charge in [0.25, 0.3) is 10.0 Å². The topological polar surface area (TPSA) is 109 Å². The number of aromatic nitrogens is 3. The summed E-state index contributed by atoms with van der Waals surface area (Å²) >= 11 is 0. The standard InChI is InChI=1S/C20H14N4O4S/c25-20-22-16-11-15(7-8-18(16)28-20)29(26,27)23-14-5-3-4-13(10-14)17-12-24-9-2-1-6-19(24)21-17/h1-12,23H,(H,22,25). The van der Waals surface area contributed by atoms with Crippen molar-refractivity contribution >= 4 is 32.5 Å². The predicted octanol–water partition coefficient (Wildman–Crippen LogP) is 3.24. The summed E-state index contributed by atoms with van der Waals surface area (Å²) in [5.74, 6) is -0.636. The van der Waals surface area contributed by atoms with Gasteiger partial charge in [-0.25, -0.2) is 18.2 Å². The van der Waals surface area contributed by atoms with E-state index in [4.69, 9.17) is 4.42 Å². The van der Waals surface area contributed by atoms with Crippen molar-refractivity contribution in [3.05, 3.63) is 83.6 Å². The SMILES string of the molecule is O=c1[nH]c2cc(S(=O)(=O)Nc3cccc(-c4cn5ccccc5n4)c3)ccc2o1. The van der Waals surface area contributed by atoms with Crippen molar-refractivity contribution in [3.63, 3.8) is 0 Å². The third kappa shape index (κ3) is 3.17. The Morgan fingerprint density at radius 1 is 1.03 bits per heavy atom. The summed E-state index contributed by atoms with van der Waals surface area (Å²) in [5.41, 5.74) is 3.33. The van der Waals surface area contributed by atoms with E-state index in [0.29, 0.717) is 16.8 Å². The molecule has 8 nitrogen and oxygen atoms in total. The van der Waals surface area contributed by atoms with E-state index in [2.05, 4.69) is 14.7 Å². The highest BCUT2D eigenvalue weighted by molar-refractivity contribution is 7.92. The molecule has 2 aromatic carbocycles. The van der Waals surface area contributed by atoms with Crippen LogP contribution in [0, 0.1) is 0 Å². The zero-order valence-corrected chi connectivity index (χ0v) is 15.7. The molecule has 0 atom stereocenters.